The highest BCUT2D eigenvalue weighted by Gasteiger charge is 2.49. The van der Waals surface area contributed by atoms with Gasteiger partial charge in [-0.25, -0.2) is 4.98 Å². The molecule has 4 saturated heterocycles. The number of amides is 2. The smallest absolute Gasteiger partial charge is 0.243 e. The Balaban J connectivity index is 1.18. The number of nitrogens with zero attached hydrogens (tertiary/aromatic N) is 5. The first-order valence-electron chi connectivity index (χ1n) is 13.1. The van der Waals surface area contributed by atoms with Crippen molar-refractivity contribution in [2.45, 2.75) is 68.7 Å². The summed E-state index contributed by atoms with van der Waals surface area (Å²) in [5.41, 5.74) is 0.745. The molecule has 0 aliphatic carbocycles. The second-order valence-corrected chi connectivity index (χ2v) is 11.1. The van der Waals surface area contributed by atoms with E-state index in [1.807, 2.05) is 17.0 Å². The topological polar surface area (TPSA) is 81.2 Å². The number of rotatable bonds is 5. The molecule has 1 aromatic rings. The lowest BCUT2D eigenvalue weighted by atomic mass is 9.84. The van der Waals surface area contributed by atoms with Gasteiger partial charge in [0, 0.05) is 50.5 Å². The SMILES string of the molecule is COc1cc(CN2CCC3(CC2)CC(=O)N2C[C@@H](N(C)C4CCN(C)CC4)C[C@H]2C(=O)N3)ccn1. The van der Waals surface area contributed by atoms with E-state index in [-0.39, 0.29) is 23.9 Å². The highest BCUT2D eigenvalue weighted by molar-refractivity contribution is 5.92. The number of nitrogens with one attached hydrogen (secondary N) is 1. The minimum absolute atomic E-state index is 0.0439. The third-order valence-corrected chi connectivity index (χ3v) is 8.85. The number of carbonyl (C=O) groups is 2. The fourth-order valence-corrected chi connectivity index (χ4v) is 6.47. The maximum atomic E-state index is 13.4. The molecule has 0 radical (unpaired) electrons. The summed E-state index contributed by atoms with van der Waals surface area (Å²) in [6.07, 6.45) is 6.83. The molecule has 2 atom stereocenters. The van der Waals surface area contributed by atoms with Crippen molar-refractivity contribution in [3.63, 3.8) is 0 Å². The molecule has 1 spiro atoms. The predicted octanol–water partition coefficient (Wildman–Crippen LogP) is 0.940. The van der Waals surface area contributed by atoms with Crippen LogP contribution in [0.3, 0.4) is 0 Å². The summed E-state index contributed by atoms with van der Waals surface area (Å²) in [4.78, 5) is 40.1. The molecule has 0 aromatic carbocycles. The first-order valence-corrected chi connectivity index (χ1v) is 13.1. The van der Waals surface area contributed by atoms with Crippen molar-refractivity contribution in [1.82, 2.24) is 29.9 Å². The Morgan fingerprint density at radius 3 is 2.63 bits per heavy atom. The number of piperidine rings is 2. The molecular formula is C26H40N6O3. The van der Waals surface area contributed by atoms with Crippen molar-refractivity contribution in [3.8, 4) is 5.88 Å². The number of ether oxygens (including phenoxy) is 1. The fourth-order valence-electron chi connectivity index (χ4n) is 6.47. The second-order valence-electron chi connectivity index (χ2n) is 11.1. The summed E-state index contributed by atoms with van der Waals surface area (Å²) >= 11 is 0. The third kappa shape index (κ3) is 5.17. The number of hydrogen-bond donors (Lipinski definition) is 1. The van der Waals surface area contributed by atoms with E-state index in [0.29, 0.717) is 24.9 Å². The van der Waals surface area contributed by atoms with Gasteiger partial charge in [0.1, 0.15) is 6.04 Å². The molecule has 0 saturated carbocycles. The monoisotopic (exact) mass is 484 g/mol. The molecule has 9 heteroatoms. The number of likely N-dealkylation sites (N-methyl/N-ethyl adjacent to an activating group) is 1. The van der Waals surface area contributed by atoms with E-state index in [4.69, 9.17) is 4.74 Å². The summed E-state index contributed by atoms with van der Waals surface area (Å²) in [5, 5.41) is 3.36. The summed E-state index contributed by atoms with van der Waals surface area (Å²) in [6.45, 7) is 5.42. The standard InChI is InChI=1S/C26H40N6O3/c1-29-10-5-20(6-11-29)30(2)21-15-22-25(34)28-26(16-24(33)32(22)18-21)7-12-31(13-8-26)17-19-4-9-27-23(14-19)35-3/h4,9,14,20-22H,5-8,10-13,15-18H2,1-3H3,(H,28,34)/t21-,22-/m0/s1. The van der Waals surface area contributed by atoms with Crippen LogP contribution in [0.4, 0.5) is 0 Å². The van der Waals surface area contributed by atoms with Crippen LogP contribution in [-0.4, -0.2) is 114 Å². The van der Waals surface area contributed by atoms with Gasteiger partial charge in [0.05, 0.1) is 19.1 Å². The Kier molecular flexibility index (Phi) is 7.01. The van der Waals surface area contributed by atoms with Crippen molar-refractivity contribution in [2.24, 2.45) is 0 Å². The zero-order chi connectivity index (χ0) is 24.6. The Bertz CT molecular complexity index is 897. The molecule has 1 aromatic heterocycles. The van der Waals surface area contributed by atoms with E-state index >= 15 is 0 Å². The van der Waals surface area contributed by atoms with Gasteiger partial charge in [-0.1, -0.05) is 0 Å². The van der Waals surface area contributed by atoms with Gasteiger partial charge >= 0.3 is 0 Å². The van der Waals surface area contributed by atoms with Crippen LogP contribution in [-0.2, 0) is 16.1 Å². The van der Waals surface area contributed by atoms with E-state index in [9.17, 15) is 9.59 Å². The summed E-state index contributed by atoms with van der Waals surface area (Å²) < 4.78 is 5.24. The average Bonchev–Trinajstić information content (AvgIpc) is 3.28. The molecule has 4 aliphatic rings. The van der Waals surface area contributed by atoms with Gasteiger partial charge < -0.3 is 19.9 Å². The second kappa shape index (κ2) is 10.0. The van der Waals surface area contributed by atoms with Crippen LogP contribution < -0.4 is 10.1 Å². The zero-order valence-corrected chi connectivity index (χ0v) is 21.4. The molecule has 35 heavy (non-hydrogen) atoms. The lowest BCUT2D eigenvalue weighted by molar-refractivity contribution is -0.135. The van der Waals surface area contributed by atoms with Crippen LogP contribution in [0.25, 0.3) is 0 Å². The fraction of sp³-hybridized carbons (Fsp3) is 0.731. The van der Waals surface area contributed by atoms with E-state index in [1.165, 1.54) is 0 Å². The molecule has 1 N–H and O–H groups in total. The predicted molar refractivity (Wildman–Crippen MR) is 133 cm³/mol. The lowest BCUT2D eigenvalue weighted by Crippen LogP contribution is -2.56. The van der Waals surface area contributed by atoms with E-state index in [2.05, 4.69) is 39.1 Å². The molecule has 5 heterocycles. The van der Waals surface area contributed by atoms with Gasteiger partial charge in [-0.3, -0.25) is 19.4 Å². The van der Waals surface area contributed by atoms with Crippen molar-refractivity contribution in [1.29, 1.82) is 0 Å². The number of pyridine rings is 1. The highest BCUT2D eigenvalue weighted by Crippen LogP contribution is 2.34. The first-order chi connectivity index (χ1) is 16.9. The Hall–Kier alpha value is -2.23. The minimum atomic E-state index is -0.416. The first kappa shape index (κ1) is 24.5. The number of fused-ring (bicyclic) bond motifs is 1. The van der Waals surface area contributed by atoms with Gasteiger partial charge in [-0.05, 0) is 70.9 Å². The van der Waals surface area contributed by atoms with Crippen LogP contribution in [0.1, 0.15) is 44.1 Å². The Morgan fingerprint density at radius 1 is 1.17 bits per heavy atom. The summed E-state index contributed by atoms with van der Waals surface area (Å²) in [5.74, 6) is 0.806. The molecule has 5 rings (SSSR count). The van der Waals surface area contributed by atoms with Gasteiger partial charge in [-0.2, -0.15) is 0 Å². The lowest BCUT2D eigenvalue weighted by Gasteiger charge is -2.41. The zero-order valence-electron chi connectivity index (χ0n) is 21.4. The van der Waals surface area contributed by atoms with Crippen molar-refractivity contribution >= 4 is 11.8 Å². The normalized spacial score (nSPS) is 28.3. The molecule has 0 unspecified atom stereocenters. The molecule has 0 bridgehead atoms. The van der Waals surface area contributed by atoms with E-state index < -0.39 is 5.54 Å². The van der Waals surface area contributed by atoms with E-state index in [0.717, 1.165) is 70.4 Å². The number of methoxy groups -OCH3 is 1. The van der Waals surface area contributed by atoms with Crippen LogP contribution >= 0.6 is 0 Å². The molecule has 4 aliphatic heterocycles. The maximum Gasteiger partial charge on any atom is 0.243 e. The summed E-state index contributed by atoms with van der Waals surface area (Å²) in [7, 11) is 5.99. The highest BCUT2D eigenvalue weighted by atomic mass is 16.5. The van der Waals surface area contributed by atoms with Gasteiger partial charge in [0.2, 0.25) is 17.7 Å². The molecule has 192 valence electrons. The van der Waals surface area contributed by atoms with Crippen molar-refractivity contribution < 1.29 is 14.3 Å². The number of likely N-dealkylation sites (tertiary alicyclic amines) is 2. The Labute approximate surface area is 208 Å². The number of carbonyl (C=O) groups excluding carboxylic acids is 2. The van der Waals surface area contributed by atoms with Crippen LogP contribution in [0.2, 0.25) is 0 Å². The molecule has 2 amide bonds. The average molecular weight is 485 g/mol. The quantitative estimate of drug-likeness (QED) is 0.666. The maximum absolute atomic E-state index is 13.4. The number of aromatic nitrogens is 1. The van der Waals surface area contributed by atoms with Gasteiger partial charge in [-0.15, -0.1) is 0 Å². The minimum Gasteiger partial charge on any atom is -0.481 e. The largest absolute Gasteiger partial charge is 0.481 e. The molecule has 9 nitrogen and oxygen atoms in total. The van der Waals surface area contributed by atoms with Gasteiger partial charge in [0.15, 0.2) is 0 Å². The van der Waals surface area contributed by atoms with Crippen molar-refractivity contribution in [3.05, 3.63) is 23.9 Å². The summed E-state index contributed by atoms with van der Waals surface area (Å²) in [6, 6.07) is 4.44. The van der Waals surface area contributed by atoms with Crippen LogP contribution in [0, 0.1) is 0 Å². The number of hydrogen-bond acceptors (Lipinski definition) is 7. The van der Waals surface area contributed by atoms with E-state index in [1.54, 1.807) is 13.3 Å². The van der Waals surface area contributed by atoms with Crippen molar-refractivity contribution in [2.75, 3.05) is 53.9 Å². The molecular weight excluding hydrogens is 444 g/mol. The molecule has 4 fully saturated rings. The third-order valence-electron chi connectivity index (χ3n) is 8.85. The van der Waals surface area contributed by atoms with Crippen LogP contribution in [0.15, 0.2) is 18.3 Å². The van der Waals surface area contributed by atoms with Crippen LogP contribution in [0.5, 0.6) is 5.88 Å². The Morgan fingerprint density at radius 2 is 1.91 bits per heavy atom. The van der Waals surface area contributed by atoms with Gasteiger partial charge in [0.25, 0.3) is 0 Å².